The van der Waals surface area contributed by atoms with E-state index < -0.39 is 5.60 Å². The number of aromatic amines is 1. The molecule has 0 aliphatic heterocycles. The highest BCUT2D eigenvalue weighted by Gasteiger charge is 2.27. The molecule has 0 radical (unpaired) electrons. The Labute approximate surface area is 143 Å². The molecule has 0 bridgehead atoms. The summed E-state index contributed by atoms with van der Waals surface area (Å²) in [7, 11) is 0. The van der Waals surface area contributed by atoms with Gasteiger partial charge < -0.3 is 9.72 Å². The van der Waals surface area contributed by atoms with Crippen LogP contribution in [0.15, 0.2) is 30.5 Å². The van der Waals surface area contributed by atoms with E-state index >= 15 is 0 Å². The number of esters is 1. The Hall–Kier alpha value is -2.10. The number of carbonyl (C=O) groups is 2. The van der Waals surface area contributed by atoms with Crippen molar-refractivity contribution in [1.82, 2.24) is 4.98 Å². The Morgan fingerprint density at radius 3 is 2.46 bits per heavy atom. The highest BCUT2D eigenvalue weighted by molar-refractivity contribution is 5.88. The van der Waals surface area contributed by atoms with Gasteiger partial charge in [0.2, 0.25) is 0 Å². The van der Waals surface area contributed by atoms with Gasteiger partial charge in [-0.2, -0.15) is 0 Å². The molecule has 0 aliphatic rings. The van der Waals surface area contributed by atoms with Crippen LogP contribution in [0, 0.1) is 11.8 Å². The quantitative estimate of drug-likeness (QED) is 0.805. The van der Waals surface area contributed by atoms with Gasteiger partial charge in [-0.1, -0.05) is 32.0 Å². The summed E-state index contributed by atoms with van der Waals surface area (Å²) in [5.41, 5.74) is 1.57. The number of ether oxygens (including phenoxy) is 1. The number of Topliss-reactive ketones (excluding diaryl/α,β-unsaturated/α-hetero) is 1. The molecule has 0 amide bonds. The third-order valence-corrected chi connectivity index (χ3v) is 3.95. The standard InChI is InChI=1S/C20H27NO3/c1-13(2)19(23)14(11-18(22)24-20(3,4)5)10-15-12-21-17-9-7-6-8-16(15)17/h6-9,12-14,21H,10-11H2,1-5H3/t14-/m1/s1. The third-order valence-electron chi connectivity index (χ3n) is 3.95. The highest BCUT2D eigenvalue weighted by Crippen LogP contribution is 2.25. The maximum absolute atomic E-state index is 12.6. The van der Waals surface area contributed by atoms with Crippen LogP contribution in [0.2, 0.25) is 0 Å². The number of hydrogen-bond donors (Lipinski definition) is 1. The molecule has 0 saturated carbocycles. The summed E-state index contributed by atoms with van der Waals surface area (Å²) in [5, 5.41) is 1.10. The van der Waals surface area contributed by atoms with E-state index in [1.54, 1.807) is 0 Å². The SMILES string of the molecule is CC(C)C(=O)[C@@H](CC(=O)OC(C)(C)C)Cc1c[nH]c2ccccc12. The Bertz CT molecular complexity index is 722. The lowest BCUT2D eigenvalue weighted by Crippen LogP contribution is -2.29. The molecule has 1 aromatic carbocycles. The second kappa shape index (κ2) is 7.20. The van der Waals surface area contributed by atoms with Crippen LogP contribution in [-0.2, 0) is 20.7 Å². The van der Waals surface area contributed by atoms with Crippen LogP contribution in [-0.4, -0.2) is 22.3 Å². The van der Waals surface area contributed by atoms with Gasteiger partial charge in [-0.15, -0.1) is 0 Å². The van der Waals surface area contributed by atoms with Crippen molar-refractivity contribution in [3.05, 3.63) is 36.0 Å². The molecule has 4 heteroatoms. The van der Waals surface area contributed by atoms with Gasteiger partial charge in [0.05, 0.1) is 6.42 Å². The van der Waals surface area contributed by atoms with Crippen LogP contribution >= 0.6 is 0 Å². The topological polar surface area (TPSA) is 59.2 Å². The first-order chi connectivity index (χ1) is 11.2. The predicted octanol–water partition coefficient (Wildman–Crippen LogP) is 4.28. The normalized spacial score (nSPS) is 13.2. The predicted molar refractivity (Wildman–Crippen MR) is 95.8 cm³/mol. The van der Waals surface area contributed by atoms with E-state index in [0.717, 1.165) is 16.5 Å². The number of rotatable bonds is 6. The number of nitrogens with one attached hydrogen (secondary N) is 1. The van der Waals surface area contributed by atoms with Gasteiger partial charge in [-0.3, -0.25) is 9.59 Å². The molecule has 0 saturated heterocycles. The Balaban J connectivity index is 2.20. The maximum atomic E-state index is 12.6. The number of hydrogen-bond acceptors (Lipinski definition) is 3. The van der Waals surface area contributed by atoms with Gasteiger partial charge in [0.25, 0.3) is 0 Å². The van der Waals surface area contributed by atoms with Crippen LogP contribution < -0.4 is 0 Å². The fraction of sp³-hybridized carbons (Fsp3) is 0.500. The van der Waals surface area contributed by atoms with Crippen LogP contribution in [0.5, 0.6) is 0 Å². The molecule has 1 heterocycles. The number of benzene rings is 1. The second-order valence-electron chi connectivity index (χ2n) is 7.61. The smallest absolute Gasteiger partial charge is 0.307 e. The molecule has 4 nitrogen and oxygen atoms in total. The fourth-order valence-electron chi connectivity index (χ4n) is 2.90. The molecule has 1 atom stereocenters. The van der Waals surface area contributed by atoms with Gasteiger partial charge in [0.1, 0.15) is 11.4 Å². The first-order valence-electron chi connectivity index (χ1n) is 8.48. The molecule has 0 aliphatic carbocycles. The average Bonchev–Trinajstić information content (AvgIpc) is 2.87. The van der Waals surface area contributed by atoms with Gasteiger partial charge >= 0.3 is 5.97 Å². The van der Waals surface area contributed by atoms with E-state index in [4.69, 9.17) is 4.74 Å². The Kier molecular flexibility index (Phi) is 5.47. The number of carbonyl (C=O) groups excluding carboxylic acids is 2. The number of ketones is 1. The largest absolute Gasteiger partial charge is 0.460 e. The lowest BCUT2D eigenvalue weighted by molar-refractivity contribution is -0.157. The minimum absolute atomic E-state index is 0.103. The van der Waals surface area contributed by atoms with E-state index in [2.05, 4.69) is 4.98 Å². The molecule has 1 aromatic heterocycles. The van der Waals surface area contributed by atoms with Crippen LogP contribution in [0.4, 0.5) is 0 Å². The zero-order valence-electron chi connectivity index (χ0n) is 15.2. The van der Waals surface area contributed by atoms with Gasteiger partial charge in [0, 0.05) is 28.9 Å². The Morgan fingerprint density at radius 2 is 1.83 bits per heavy atom. The second-order valence-corrected chi connectivity index (χ2v) is 7.61. The molecule has 1 N–H and O–H groups in total. The molecule has 0 spiro atoms. The maximum Gasteiger partial charge on any atom is 0.307 e. The number of fused-ring (bicyclic) bond motifs is 1. The minimum Gasteiger partial charge on any atom is -0.460 e. The molecule has 24 heavy (non-hydrogen) atoms. The summed E-state index contributed by atoms with van der Waals surface area (Å²) in [6.45, 7) is 9.26. The fourth-order valence-corrected chi connectivity index (χ4v) is 2.90. The first kappa shape index (κ1) is 18.2. The summed E-state index contributed by atoms with van der Waals surface area (Å²) < 4.78 is 5.41. The highest BCUT2D eigenvalue weighted by atomic mass is 16.6. The van der Waals surface area contributed by atoms with Crippen molar-refractivity contribution in [1.29, 1.82) is 0 Å². The van der Waals surface area contributed by atoms with Crippen molar-refractivity contribution in [3.63, 3.8) is 0 Å². The lowest BCUT2D eigenvalue weighted by Gasteiger charge is -2.22. The molecular weight excluding hydrogens is 302 g/mol. The number of aromatic nitrogens is 1. The van der Waals surface area contributed by atoms with Crippen molar-refractivity contribution in [3.8, 4) is 0 Å². The third kappa shape index (κ3) is 4.70. The molecule has 0 unspecified atom stereocenters. The minimum atomic E-state index is -0.538. The van der Waals surface area contributed by atoms with Crippen LogP contribution in [0.1, 0.15) is 46.6 Å². The van der Waals surface area contributed by atoms with E-state index in [0.29, 0.717) is 6.42 Å². The van der Waals surface area contributed by atoms with Crippen molar-refractivity contribution in [2.75, 3.05) is 0 Å². The van der Waals surface area contributed by atoms with Crippen LogP contribution in [0.3, 0.4) is 0 Å². The zero-order chi connectivity index (χ0) is 17.9. The van der Waals surface area contributed by atoms with Crippen LogP contribution in [0.25, 0.3) is 10.9 Å². The van der Waals surface area contributed by atoms with E-state index in [1.165, 1.54) is 0 Å². The molecule has 130 valence electrons. The molecule has 0 fully saturated rings. The van der Waals surface area contributed by atoms with E-state index in [1.807, 2.05) is 65.1 Å². The summed E-state index contributed by atoms with van der Waals surface area (Å²) in [6, 6.07) is 7.99. The Morgan fingerprint density at radius 1 is 1.17 bits per heavy atom. The van der Waals surface area contributed by atoms with Gasteiger partial charge in [0.15, 0.2) is 0 Å². The molecule has 2 aromatic rings. The van der Waals surface area contributed by atoms with Crippen molar-refractivity contribution in [2.24, 2.45) is 11.8 Å². The van der Waals surface area contributed by atoms with Gasteiger partial charge in [-0.05, 0) is 38.8 Å². The van der Waals surface area contributed by atoms with Crippen molar-refractivity contribution >= 4 is 22.7 Å². The summed E-state index contributed by atoms with van der Waals surface area (Å²) in [5.74, 6) is -0.686. The van der Waals surface area contributed by atoms with Gasteiger partial charge in [-0.25, -0.2) is 0 Å². The monoisotopic (exact) mass is 329 g/mol. The van der Waals surface area contributed by atoms with Crippen molar-refractivity contribution in [2.45, 2.75) is 53.1 Å². The number of H-pyrrole nitrogens is 1. The summed E-state index contributed by atoms with van der Waals surface area (Å²) >= 11 is 0. The van der Waals surface area contributed by atoms with Crippen molar-refractivity contribution < 1.29 is 14.3 Å². The summed E-state index contributed by atoms with van der Waals surface area (Å²) in [4.78, 5) is 28.0. The lowest BCUT2D eigenvalue weighted by atomic mass is 9.87. The first-order valence-corrected chi connectivity index (χ1v) is 8.48. The van der Waals surface area contributed by atoms with E-state index in [9.17, 15) is 9.59 Å². The molecule has 2 rings (SSSR count). The summed E-state index contributed by atoms with van der Waals surface area (Å²) in [6.07, 6.45) is 2.59. The molecular formula is C20H27NO3. The number of para-hydroxylation sites is 1. The van der Waals surface area contributed by atoms with E-state index in [-0.39, 0.29) is 30.0 Å². The zero-order valence-corrected chi connectivity index (χ0v) is 15.2. The average molecular weight is 329 g/mol.